The van der Waals surface area contributed by atoms with E-state index in [-0.39, 0.29) is 6.54 Å². The van der Waals surface area contributed by atoms with Crippen molar-refractivity contribution in [3.8, 4) is 17.2 Å². The molecule has 1 heterocycles. The number of fused-ring (bicyclic) bond motifs is 2. The van der Waals surface area contributed by atoms with Crippen LogP contribution in [0.2, 0.25) is 5.02 Å². The Kier molecular flexibility index (Phi) is 3.35. The average Bonchev–Trinajstić information content (AvgIpc) is 2.62. The molecule has 0 unspecified atom stereocenters. The second-order valence-corrected chi connectivity index (χ2v) is 4.99. The molecule has 0 bridgehead atoms. The number of nitrogens with zero attached hydrogens (tertiary/aromatic N) is 1. The largest absolute Gasteiger partial charge is 0.497 e. The molecule has 1 aliphatic rings. The molecule has 2 aromatic carbocycles. The van der Waals surface area contributed by atoms with Gasteiger partial charge in [0.15, 0.2) is 5.75 Å². The molecule has 21 heavy (non-hydrogen) atoms. The Morgan fingerprint density at radius 2 is 2.10 bits per heavy atom. The van der Waals surface area contributed by atoms with Gasteiger partial charge >= 0.3 is 6.09 Å². The van der Waals surface area contributed by atoms with Crippen LogP contribution in [0.4, 0.5) is 10.5 Å². The maximum absolute atomic E-state index is 11.5. The third-order valence-electron chi connectivity index (χ3n) is 3.27. The van der Waals surface area contributed by atoms with Crippen LogP contribution in [-0.2, 0) is 6.54 Å². The van der Waals surface area contributed by atoms with Crippen molar-refractivity contribution < 1.29 is 19.4 Å². The van der Waals surface area contributed by atoms with Crippen molar-refractivity contribution in [1.82, 2.24) is 0 Å². The van der Waals surface area contributed by atoms with Crippen LogP contribution >= 0.6 is 11.6 Å². The van der Waals surface area contributed by atoms with Gasteiger partial charge in [0.25, 0.3) is 0 Å². The molecule has 0 fully saturated rings. The third kappa shape index (κ3) is 2.48. The van der Waals surface area contributed by atoms with Crippen LogP contribution in [0.25, 0.3) is 0 Å². The van der Waals surface area contributed by atoms with Gasteiger partial charge in [0.2, 0.25) is 0 Å². The molecule has 0 atom stereocenters. The highest BCUT2D eigenvalue weighted by molar-refractivity contribution is 6.31. The number of halogens is 1. The van der Waals surface area contributed by atoms with E-state index in [9.17, 15) is 9.90 Å². The summed E-state index contributed by atoms with van der Waals surface area (Å²) in [6.07, 6.45) is -1.06. The summed E-state index contributed by atoms with van der Waals surface area (Å²) in [6, 6.07) is 10.2. The third-order valence-corrected chi connectivity index (χ3v) is 3.50. The summed E-state index contributed by atoms with van der Waals surface area (Å²) < 4.78 is 11.0. The van der Waals surface area contributed by atoms with Gasteiger partial charge in [0.1, 0.15) is 11.5 Å². The van der Waals surface area contributed by atoms with Gasteiger partial charge < -0.3 is 14.6 Å². The van der Waals surface area contributed by atoms with Crippen molar-refractivity contribution in [2.45, 2.75) is 6.54 Å². The van der Waals surface area contributed by atoms with E-state index in [1.165, 1.54) is 4.90 Å². The van der Waals surface area contributed by atoms with Crippen molar-refractivity contribution >= 4 is 23.4 Å². The van der Waals surface area contributed by atoms with Crippen LogP contribution in [0, 0.1) is 0 Å². The fraction of sp³-hybridized carbons (Fsp3) is 0.133. The van der Waals surface area contributed by atoms with Crippen LogP contribution in [0.3, 0.4) is 0 Å². The minimum absolute atomic E-state index is 0.183. The zero-order chi connectivity index (χ0) is 15.0. The first-order valence-corrected chi connectivity index (χ1v) is 6.61. The Morgan fingerprint density at radius 3 is 2.81 bits per heavy atom. The summed E-state index contributed by atoms with van der Waals surface area (Å²) in [6.45, 7) is 0.183. The van der Waals surface area contributed by atoms with E-state index in [2.05, 4.69) is 0 Å². The second-order valence-electron chi connectivity index (χ2n) is 4.56. The molecule has 0 spiro atoms. The van der Waals surface area contributed by atoms with Gasteiger partial charge in [-0.1, -0.05) is 11.6 Å². The molecule has 0 aliphatic carbocycles. The minimum Gasteiger partial charge on any atom is -0.497 e. The maximum Gasteiger partial charge on any atom is 0.412 e. The standard InChI is InChI=1S/C15H12ClNO4/c1-20-11-4-2-9-8-17(15(18)19)12-6-10(16)3-5-13(12)21-14(9)7-11/h2-7H,8H2,1H3,(H,18,19). The number of benzene rings is 2. The van der Waals surface area contributed by atoms with Crippen molar-refractivity contribution in [1.29, 1.82) is 0 Å². The number of amides is 1. The monoisotopic (exact) mass is 305 g/mol. The number of carbonyl (C=O) groups is 1. The number of hydrogen-bond acceptors (Lipinski definition) is 3. The highest BCUT2D eigenvalue weighted by Gasteiger charge is 2.25. The molecule has 1 amide bonds. The zero-order valence-electron chi connectivity index (χ0n) is 11.2. The molecule has 1 aliphatic heterocycles. The van der Waals surface area contributed by atoms with Crippen LogP contribution in [0.15, 0.2) is 36.4 Å². The van der Waals surface area contributed by atoms with Crippen LogP contribution in [0.1, 0.15) is 5.56 Å². The first-order chi connectivity index (χ1) is 10.1. The van der Waals surface area contributed by atoms with Gasteiger partial charge in [-0.3, -0.25) is 4.90 Å². The molecule has 1 N–H and O–H groups in total. The maximum atomic E-state index is 11.5. The van der Waals surface area contributed by atoms with E-state index < -0.39 is 6.09 Å². The van der Waals surface area contributed by atoms with Crippen LogP contribution in [0.5, 0.6) is 17.2 Å². The molecule has 2 aromatic rings. The van der Waals surface area contributed by atoms with Gasteiger partial charge in [-0.15, -0.1) is 0 Å². The van der Waals surface area contributed by atoms with E-state index in [1.807, 2.05) is 0 Å². The van der Waals surface area contributed by atoms with Crippen molar-refractivity contribution in [3.63, 3.8) is 0 Å². The van der Waals surface area contributed by atoms with E-state index in [4.69, 9.17) is 21.1 Å². The first kappa shape index (κ1) is 13.6. The quantitative estimate of drug-likeness (QED) is 0.860. The molecule has 108 valence electrons. The first-order valence-electron chi connectivity index (χ1n) is 6.23. The number of ether oxygens (including phenoxy) is 2. The van der Waals surface area contributed by atoms with Crippen LogP contribution < -0.4 is 14.4 Å². The zero-order valence-corrected chi connectivity index (χ0v) is 11.9. The summed E-state index contributed by atoms with van der Waals surface area (Å²) in [4.78, 5) is 12.7. The van der Waals surface area contributed by atoms with Gasteiger partial charge in [0.05, 0.1) is 19.3 Å². The van der Waals surface area contributed by atoms with Gasteiger partial charge in [-0.25, -0.2) is 4.79 Å². The molecular weight excluding hydrogens is 294 g/mol. The van der Waals surface area contributed by atoms with Crippen molar-refractivity contribution in [2.24, 2.45) is 0 Å². The summed E-state index contributed by atoms with van der Waals surface area (Å²) in [5.41, 5.74) is 1.18. The molecule has 0 aromatic heterocycles. The number of anilines is 1. The fourth-order valence-corrected chi connectivity index (χ4v) is 2.39. The number of methoxy groups -OCH3 is 1. The highest BCUT2D eigenvalue weighted by atomic mass is 35.5. The molecule has 0 saturated heterocycles. The Morgan fingerprint density at radius 1 is 1.29 bits per heavy atom. The molecular formula is C15H12ClNO4. The minimum atomic E-state index is -1.06. The fourth-order valence-electron chi connectivity index (χ4n) is 2.22. The van der Waals surface area contributed by atoms with Crippen molar-refractivity contribution in [3.05, 3.63) is 47.0 Å². The second kappa shape index (κ2) is 5.18. The number of carboxylic acid groups (broad SMARTS) is 1. The molecule has 0 radical (unpaired) electrons. The summed E-state index contributed by atoms with van der Waals surface area (Å²) in [7, 11) is 1.57. The Balaban J connectivity index is 2.15. The number of rotatable bonds is 1. The predicted molar refractivity (Wildman–Crippen MR) is 78.7 cm³/mol. The molecule has 5 nitrogen and oxygen atoms in total. The van der Waals surface area contributed by atoms with Crippen molar-refractivity contribution in [2.75, 3.05) is 12.0 Å². The van der Waals surface area contributed by atoms with E-state index in [0.717, 1.165) is 5.56 Å². The van der Waals surface area contributed by atoms with Gasteiger partial charge in [0, 0.05) is 16.7 Å². The predicted octanol–water partition coefficient (Wildman–Crippen LogP) is 4.14. The van der Waals surface area contributed by atoms with Gasteiger partial charge in [-0.05, 0) is 30.3 Å². The Hall–Kier alpha value is -2.40. The lowest BCUT2D eigenvalue weighted by Gasteiger charge is -2.18. The van der Waals surface area contributed by atoms with Crippen LogP contribution in [-0.4, -0.2) is 18.3 Å². The summed E-state index contributed by atoms with van der Waals surface area (Å²) in [5, 5.41) is 9.88. The smallest absolute Gasteiger partial charge is 0.412 e. The topological polar surface area (TPSA) is 59.0 Å². The summed E-state index contributed by atoms with van der Waals surface area (Å²) in [5.74, 6) is 1.66. The van der Waals surface area contributed by atoms with Gasteiger partial charge in [-0.2, -0.15) is 0 Å². The highest BCUT2D eigenvalue weighted by Crippen LogP contribution is 2.41. The SMILES string of the molecule is COc1ccc2c(c1)Oc1ccc(Cl)cc1N(C(=O)O)C2. The lowest BCUT2D eigenvalue weighted by atomic mass is 10.2. The van der Waals surface area contributed by atoms with E-state index in [0.29, 0.717) is 28.0 Å². The summed E-state index contributed by atoms with van der Waals surface area (Å²) >= 11 is 5.96. The number of hydrogen-bond donors (Lipinski definition) is 1. The molecule has 3 rings (SSSR count). The average molecular weight is 306 g/mol. The molecule has 6 heteroatoms. The normalized spacial score (nSPS) is 12.8. The van der Waals surface area contributed by atoms with E-state index >= 15 is 0 Å². The Bertz CT molecular complexity index is 717. The Labute approximate surface area is 126 Å². The molecule has 0 saturated carbocycles. The lowest BCUT2D eigenvalue weighted by Crippen LogP contribution is -2.27. The van der Waals surface area contributed by atoms with E-state index in [1.54, 1.807) is 43.5 Å². The lowest BCUT2D eigenvalue weighted by molar-refractivity contribution is 0.201.